The first kappa shape index (κ1) is 14.8. The van der Waals surface area contributed by atoms with E-state index >= 15 is 0 Å². The summed E-state index contributed by atoms with van der Waals surface area (Å²) in [4.78, 5) is 27.1. The number of carbonyl (C=O) groups excluding carboxylic acids is 2. The van der Waals surface area contributed by atoms with Gasteiger partial charge in [0.2, 0.25) is 0 Å². The fourth-order valence-corrected chi connectivity index (χ4v) is 2.30. The monoisotopic (exact) mass is 256 g/mol. The SMILES string of the molecule is CCCN(CC(=O)OC)C(=O)N1CCCC(C)C1. The Bertz CT molecular complexity index is 294. The van der Waals surface area contributed by atoms with Crippen LogP contribution in [0.25, 0.3) is 0 Å². The smallest absolute Gasteiger partial charge is 0.325 e. The molecule has 1 atom stereocenters. The molecule has 1 saturated heterocycles. The highest BCUT2D eigenvalue weighted by Gasteiger charge is 2.26. The van der Waals surface area contributed by atoms with Gasteiger partial charge in [-0.05, 0) is 25.2 Å². The Morgan fingerprint density at radius 1 is 1.44 bits per heavy atom. The van der Waals surface area contributed by atoms with Crippen LogP contribution in [0.4, 0.5) is 4.79 Å². The molecule has 0 saturated carbocycles. The zero-order valence-corrected chi connectivity index (χ0v) is 11.6. The van der Waals surface area contributed by atoms with Gasteiger partial charge < -0.3 is 14.5 Å². The molecule has 2 amide bonds. The Balaban J connectivity index is 2.60. The van der Waals surface area contributed by atoms with Gasteiger partial charge in [0.15, 0.2) is 0 Å². The van der Waals surface area contributed by atoms with E-state index in [-0.39, 0.29) is 18.5 Å². The molecule has 18 heavy (non-hydrogen) atoms. The van der Waals surface area contributed by atoms with Crippen LogP contribution in [-0.2, 0) is 9.53 Å². The van der Waals surface area contributed by atoms with Gasteiger partial charge in [0.1, 0.15) is 6.54 Å². The summed E-state index contributed by atoms with van der Waals surface area (Å²) >= 11 is 0. The van der Waals surface area contributed by atoms with E-state index in [0.29, 0.717) is 12.5 Å². The lowest BCUT2D eigenvalue weighted by atomic mass is 10.0. The molecule has 1 aliphatic heterocycles. The number of methoxy groups -OCH3 is 1. The fourth-order valence-electron chi connectivity index (χ4n) is 2.30. The number of likely N-dealkylation sites (tertiary alicyclic amines) is 1. The second-order valence-corrected chi connectivity index (χ2v) is 4.97. The normalized spacial score (nSPS) is 19.5. The van der Waals surface area contributed by atoms with E-state index < -0.39 is 0 Å². The molecule has 0 bridgehead atoms. The van der Waals surface area contributed by atoms with Crippen molar-refractivity contribution in [3.8, 4) is 0 Å². The lowest BCUT2D eigenvalue weighted by Crippen LogP contribution is -2.49. The highest BCUT2D eigenvalue weighted by Crippen LogP contribution is 2.17. The molecule has 0 aromatic heterocycles. The van der Waals surface area contributed by atoms with Gasteiger partial charge in [0.25, 0.3) is 0 Å². The first-order valence-corrected chi connectivity index (χ1v) is 6.69. The van der Waals surface area contributed by atoms with E-state index in [4.69, 9.17) is 0 Å². The maximum atomic E-state index is 12.3. The average molecular weight is 256 g/mol. The number of nitrogens with zero attached hydrogens (tertiary/aromatic N) is 2. The third-order valence-corrected chi connectivity index (χ3v) is 3.24. The number of ether oxygens (including phenoxy) is 1. The van der Waals surface area contributed by atoms with Crippen LogP contribution < -0.4 is 0 Å². The maximum Gasteiger partial charge on any atom is 0.325 e. The molecule has 1 heterocycles. The largest absolute Gasteiger partial charge is 0.468 e. The molecule has 1 fully saturated rings. The first-order valence-electron chi connectivity index (χ1n) is 6.69. The number of carbonyl (C=O) groups is 2. The molecule has 0 aromatic carbocycles. The highest BCUT2D eigenvalue weighted by atomic mass is 16.5. The molecule has 0 aliphatic carbocycles. The molecule has 0 N–H and O–H groups in total. The summed E-state index contributed by atoms with van der Waals surface area (Å²) in [6, 6.07) is -0.0335. The molecule has 0 spiro atoms. The van der Waals surface area contributed by atoms with Crippen molar-refractivity contribution in [3.63, 3.8) is 0 Å². The van der Waals surface area contributed by atoms with E-state index in [1.807, 2.05) is 11.8 Å². The van der Waals surface area contributed by atoms with Crippen molar-refractivity contribution in [1.29, 1.82) is 0 Å². The zero-order chi connectivity index (χ0) is 13.5. The van der Waals surface area contributed by atoms with E-state index in [9.17, 15) is 9.59 Å². The Morgan fingerprint density at radius 2 is 2.17 bits per heavy atom. The van der Waals surface area contributed by atoms with E-state index in [0.717, 1.165) is 25.9 Å². The van der Waals surface area contributed by atoms with Crippen molar-refractivity contribution in [3.05, 3.63) is 0 Å². The van der Waals surface area contributed by atoms with Gasteiger partial charge in [-0.2, -0.15) is 0 Å². The van der Waals surface area contributed by atoms with Crippen molar-refractivity contribution < 1.29 is 14.3 Å². The van der Waals surface area contributed by atoms with Gasteiger partial charge in [-0.25, -0.2) is 4.79 Å². The lowest BCUT2D eigenvalue weighted by Gasteiger charge is -2.35. The van der Waals surface area contributed by atoms with Crippen LogP contribution in [0.2, 0.25) is 0 Å². The summed E-state index contributed by atoms with van der Waals surface area (Å²) < 4.78 is 4.63. The number of piperidine rings is 1. The van der Waals surface area contributed by atoms with Crippen molar-refractivity contribution in [2.75, 3.05) is 33.3 Å². The second-order valence-electron chi connectivity index (χ2n) is 4.97. The number of urea groups is 1. The number of hydrogen-bond donors (Lipinski definition) is 0. The van der Waals surface area contributed by atoms with Crippen LogP contribution in [0.5, 0.6) is 0 Å². The molecule has 5 nitrogen and oxygen atoms in total. The van der Waals surface area contributed by atoms with Gasteiger partial charge in [0.05, 0.1) is 7.11 Å². The minimum atomic E-state index is -0.359. The third kappa shape index (κ3) is 4.20. The molecular formula is C13H24N2O3. The van der Waals surface area contributed by atoms with Gasteiger partial charge in [-0.3, -0.25) is 4.79 Å². The van der Waals surface area contributed by atoms with Crippen LogP contribution >= 0.6 is 0 Å². The molecule has 0 radical (unpaired) electrons. The Kier molecular flexibility index (Phi) is 5.95. The molecule has 0 aromatic rings. The topological polar surface area (TPSA) is 49.9 Å². The molecule has 5 heteroatoms. The van der Waals surface area contributed by atoms with Crippen molar-refractivity contribution in [1.82, 2.24) is 9.80 Å². The number of hydrogen-bond acceptors (Lipinski definition) is 3. The molecule has 104 valence electrons. The Labute approximate surface area is 109 Å². The van der Waals surface area contributed by atoms with E-state index in [1.54, 1.807) is 4.90 Å². The van der Waals surface area contributed by atoms with Crippen LogP contribution in [0, 0.1) is 5.92 Å². The summed E-state index contributed by atoms with van der Waals surface area (Å²) in [7, 11) is 1.35. The summed E-state index contributed by atoms with van der Waals surface area (Å²) in [6.45, 7) is 6.39. The quantitative estimate of drug-likeness (QED) is 0.720. The molecule has 1 unspecified atom stereocenters. The standard InChI is InChI=1S/C13H24N2O3/c1-4-7-14(10-12(16)18-3)13(17)15-8-5-6-11(2)9-15/h11H,4-10H2,1-3H3. The van der Waals surface area contributed by atoms with E-state index in [2.05, 4.69) is 11.7 Å². The van der Waals surface area contributed by atoms with Gasteiger partial charge >= 0.3 is 12.0 Å². The Morgan fingerprint density at radius 3 is 2.72 bits per heavy atom. The van der Waals surface area contributed by atoms with Crippen LogP contribution in [0.1, 0.15) is 33.1 Å². The first-order chi connectivity index (χ1) is 8.58. The van der Waals surface area contributed by atoms with Crippen molar-refractivity contribution in [2.45, 2.75) is 33.1 Å². The highest BCUT2D eigenvalue weighted by molar-refractivity contribution is 5.81. The molecule has 1 rings (SSSR count). The fraction of sp³-hybridized carbons (Fsp3) is 0.846. The van der Waals surface area contributed by atoms with Crippen molar-refractivity contribution in [2.24, 2.45) is 5.92 Å². The zero-order valence-electron chi connectivity index (χ0n) is 11.6. The second kappa shape index (κ2) is 7.24. The maximum absolute atomic E-state index is 12.3. The third-order valence-electron chi connectivity index (χ3n) is 3.24. The average Bonchev–Trinajstić information content (AvgIpc) is 2.37. The van der Waals surface area contributed by atoms with Gasteiger partial charge in [-0.1, -0.05) is 13.8 Å². The minimum absolute atomic E-state index is 0.0335. The molecular weight excluding hydrogens is 232 g/mol. The lowest BCUT2D eigenvalue weighted by molar-refractivity contribution is -0.141. The van der Waals surface area contributed by atoms with Gasteiger partial charge in [0, 0.05) is 19.6 Å². The van der Waals surface area contributed by atoms with Crippen LogP contribution in [0.15, 0.2) is 0 Å². The number of esters is 1. The summed E-state index contributed by atoms with van der Waals surface area (Å²) in [5, 5.41) is 0. The van der Waals surface area contributed by atoms with Crippen molar-refractivity contribution >= 4 is 12.0 Å². The summed E-state index contributed by atoms with van der Waals surface area (Å²) in [6.07, 6.45) is 3.06. The number of rotatable bonds is 4. The molecule has 1 aliphatic rings. The predicted molar refractivity (Wildman–Crippen MR) is 69.2 cm³/mol. The van der Waals surface area contributed by atoms with Crippen LogP contribution in [0.3, 0.4) is 0 Å². The number of amides is 2. The summed E-state index contributed by atoms with van der Waals surface area (Å²) in [5.41, 5.74) is 0. The Hall–Kier alpha value is -1.26. The van der Waals surface area contributed by atoms with E-state index in [1.165, 1.54) is 13.5 Å². The van der Waals surface area contributed by atoms with Gasteiger partial charge in [-0.15, -0.1) is 0 Å². The summed E-state index contributed by atoms with van der Waals surface area (Å²) in [5.74, 6) is 0.186. The van der Waals surface area contributed by atoms with Crippen LogP contribution in [-0.4, -0.2) is 55.1 Å². The minimum Gasteiger partial charge on any atom is -0.468 e. The predicted octanol–water partition coefficient (Wildman–Crippen LogP) is 1.72.